The summed E-state index contributed by atoms with van der Waals surface area (Å²) in [7, 11) is 0. The van der Waals surface area contributed by atoms with E-state index in [2.05, 4.69) is 0 Å². The highest BCUT2D eigenvalue weighted by Crippen LogP contribution is 2.22. The molecule has 0 aliphatic carbocycles. The fourth-order valence-corrected chi connectivity index (χ4v) is 4.57. The molecule has 0 saturated heterocycles. The molecular weight excluding hydrogens is 516 g/mol. The van der Waals surface area contributed by atoms with Crippen molar-refractivity contribution < 1.29 is 24.9 Å². The highest BCUT2D eigenvalue weighted by atomic mass is 16.3. The Balaban J connectivity index is 0.00000287. The molecule has 0 spiro atoms. The molecule has 3 aromatic rings. The Morgan fingerprint density at radius 3 is 1.83 bits per heavy atom. The van der Waals surface area contributed by atoms with E-state index in [0.29, 0.717) is 19.3 Å². The van der Waals surface area contributed by atoms with Crippen LogP contribution in [-0.4, -0.2) is 45.3 Å². The van der Waals surface area contributed by atoms with Crippen molar-refractivity contribution in [2.45, 2.75) is 64.2 Å². The zero-order valence-corrected chi connectivity index (χ0v) is 24.0. The molecule has 41 heavy (non-hydrogen) atoms. The fourth-order valence-electron chi connectivity index (χ4n) is 4.57. The number of hydrogen-bond acceptors (Lipinski definition) is 6. The molecule has 5 unspecified atom stereocenters. The summed E-state index contributed by atoms with van der Waals surface area (Å²) in [6.45, 7) is 4.00. The summed E-state index contributed by atoms with van der Waals surface area (Å²) in [6.07, 6.45) is 2.34. The van der Waals surface area contributed by atoms with Gasteiger partial charge in [-0.2, -0.15) is 0 Å². The number of nitrogens with two attached hydrogens (primary N) is 2. The number of phenols is 1. The van der Waals surface area contributed by atoms with Gasteiger partial charge in [0.05, 0.1) is 18.1 Å². The van der Waals surface area contributed by atoms with Crippen LogP contribution in [0, 0.1) is 11.8 Å². The number of hydrogen-bond donors (Lipinski definition) is 5. The topological polar surface area (TPSA) is 147 Å². The smallest absolute Gasteiger partial charge is 0.221 e. The van der Waals surface area contributed by atoms with Gasteiger partial charge in [-0.15, -0.1) is 0 Å². The maximum absolute atomic E-state index is 13.4. The Morgan fingerprint density at radius 2 is 1.29 bits per heavy atom. The van der Waals surface area contributed by atoms with E-state index in [0.717, 1.165) is 16.7 Å². The monoisotopic (exact) mass is 560 g/mol. The summed E-state index contributed by atoms with van der Waals surface area (Å²) in [5, 5.41) is 31.0. The second kappa shape index (κ2) is 17.8. The zero-order chi connectivity index (χ0) is 30.2. The van der Waals surface area contributed by atoms with Crippen molar-refractivity contribution in [3.8, 4) is 5.75 Å². The molecule has 5 atom stereocenters. The number of rotatable bonds is 15. The molecule has 0 saturated carbocycles. The van der Waals surface area contributed by atoms with Gasteiger partial charge in [0, 0.05) is 18.4 Å². The predicted molar refractivity (Wildman–Crippen MR) is 163 cm³/mol. The lowest BCUT2D eigenvalue weighted by molar-refractivity contribution is -0.131. The molecule has 0 bridgehead atoms. The highest BCUT2D eigenvalue weighted by Gasteiger charge is 2.29. The van der Waals surface area contributed by atoms with Gasteiger partial charge >= 0.3 is 0 Å². The van der Waals surface area contributed by atoms with Gasteiger partial charge in [0.15, 0.2) is 0 Å². The number of amides is 1. The number of Topliss-reactive ketones (excluding diaryl/α,β-unsaturated/α-hetero) is 1. The summed E-state index contributed by atoms with van der Waals surface area (Å²) in [6, 6.07) is 24.9. The number of benzene rings is 3. The molecule has 0 aliphatic heterocycles. The molecule has 0 aromatic heterocycles. The van der Waals surface area contributed by atoms with Crippen molar-refractivity contribution in [3.05, 3.63) is 114 Å². The molecule has 0 radical (unpaired) electrons. The lowest BCUT2D eigenvalue weighted by Crippen LogP contribution is -2.36. The summed E-state index contributed by atoms with van der Waals surface area (Å²) in [5.74, 6) is -2.12. The van der Waals surface area contributed by atoms with E-state index in [4.69, 9.17) is 11.5 Å². The number of phenolic OH excluding ortho intramolecular Hbond substituents is 1. The Morgan fingerprint density at radius 1 is 0.780 bits per heavy atom. The van der Waals surface area contributed by atoms with Crippen molar-refractivity contribution in [1.29, 1.82) is 0 Å². The number of primary amides is 1. The summed E-state index contributed by atoms with van der Waals surface area (Å²) >= 11 is 0. The maximum atomic E-state index is 13.4. The van der Waals surface area contributed by atoms with Crippen molar-refractivity contribution in [2.75, 3.05) is 0 Å². The lowest BCUT2D eigenvalue weighted by Gasteiger charge is -2.22. The van der Waals surface area contributed by atoms with Crippen molar-refractivity contribution >= 4 is 11.7 Å². The van der Waals surface area contributed by atoms with E-state index in [1.165, 1.54) is 6.08 Å². The quantitative estimate of drug-likeness (QED) is 0.177. The number of aliphatic hydroxyl groups is 2. The molecule has 7 N–H and O–H groups in total. The average molecular weight is 561 g/mol. The van der Waals surface area contributed by atoms with Crippen LogP contribution in [-0.2, 0) is 28.9 Å². The van der Waals surface area contributed by atoms with Crippen LogP contribution in [0.2, 0.25) is 0 Å². The van der Waals surface area contributed by atoms with Crippen LogP contribution in [0.15, 0.2) is 97.1 Å². The first kappa shape index (κ1) is 33.4. The van der Waals surface area contributed by atoms with Gasteiger partial charge in [-0.3, -0.25) is 9.59 Å². The second-order valence-corrected chi connectivity index (χ2v) is 10.0. The van der Waals surface area contributed by atoms with E-state index >= 15 is 0 Å². The van der Waals surface area contributed by atoms with Gasteiger partial charge in [-0.05, 0) is 54.5 Å². The SMILES string of the molecule is CC.NC(=O)C(CC(=O)C(Cc1ccccc1)C(O)/C=C/CC(O)C(N)Cc1ccc(O)cc1)Cc1ccccc1. The summed E-state index contributed by atoms with van der Waals surface area (Å²) < 4.78 is 0. The van der Waals surface area contributed by atoms with Gasteiger partial charge in [0.25, 0.3) is 0 Å². The summed E-state index contributed by atoms with van der Waals surface area (Å²) in [4.78, 5) is 25.6. The van der Waals surface area contributed by atoms with Crippen LogP contribution in [0.3, 0.4) is 0 Å². The lowest BCUT2D eigenvalue weighted by atomic mass is 9.83. The van der Waals surface area contributed by atoms with E-state index in [-0.39, 0.29) is 24.4 Å². The number of carbonyl (C=O) groups is 2. The molecule has 0 fully saturated rings. The van der Waals surface area contributed by atoms with Crippen LogP contribution in [0.5, 0.6) is 5.75 Å². The third-order valence-corrected chi connectivity index (χ3v) is 6.91. The first-order valence-electron chi connectivity index (χ1n) is 14.2. The molecule has 3 aromatic carbocycles. The Labute approximate surface area is 243 Å². The van der Waals surface area contributed by atoms with Crippen LogP contribution >= 0.6 is 0 Å². The molecule has 3 rings (SSSR count). The van der Waals surface area contributed by atoms with E-state index in [1.54, 1.807) is 30.3 Å². The number of ketones is 1. The maximum Gasteiger partial charge on any atom is 0.221 e. The van der Waals surface area contributed by atoms with Crippen molar-refractivity contribution in [3.63, 3.8) is 0 Å². The van der Waals surface area contributed by atoms with Gasteiger partial charge < -0.3 is 26.8 Å². The second-order valence-electron chi connectivity index (χ2n) is 10.0. The normalized spacial score (nSPS) is 14.8. The molecule has 7 heteroatoms. The van der Waals surface area contributed by atoms with E-state index in [1.807, 2.05) is 74.5 Å². The molecular formula is C34H44N2O5. The van der Waals surface area contributed by atoms with Gasteiger partial charge in [-0.1, -0.05) is 98.8 Å². The third kappa shape index (κ3) is 11.7. The minimum atomic E-state index is -1.12. The van der Waals surface area contributed by atoms with E-state index < -0.39 is 36.0 Å². The minimum absolute atomic E-state index is 0.0766. The predicted octanol–water partition coefficient (Wildman–Crippen LogP) is 4.12. The number of aromatic hydroxyl groups is 1. The molecule has 0 aliphatic rings. The Kier molecular flexibility index (Phi) is 14.5. The average Bonchev–Trinajstić information content (AvgIpc) is 2.98. The largest absolute Gasteiger partial charge is 0.508 e. The van der Waals surface area contributed by atoms with E-state index in [9.17, 15) is 24.9 Å². The zero-order valence-electron chi connectivity index (χ0n) is 24.0. The van der Waals surface area contributed by atoms with Crippen molar-refractivity contribution in [2.24, 2.45) is 23.3 Å². The van der Waals surface area contributed by atoms with Crippen LogP contribution in [0.25, 0.3) is 0 Å². The number of carbonyl (C=O) groups excluding carboxylic acids is 2. The number of aliphatic hydroxyl groups excluding tert-OH is 2. The molecule has 7 nitrogen and oxygen atoms in total. The Hall–Kier alpha value is -3.78. The van der Waals surface area contributed by atoms with Crippen LogP contribution in [0.4, 0.5) is 0 Å². The van der Waals surface area contributed by atoms with Gasteiger partial charge in [0.1, 0.15) is 11.5 Å². The molecule has 0 heterocycles. The Bertz CT molecular complexity index is 1200. The van der Waals surface area contributed by atoms with Crippen molar-refractivity contribution in [1.82, 2.24) is 0 Å². The third-order valence-electron chi connectivity index (χ3n) is 6.91. The fraction of sp³-hybridized carbons (Fsp3) is 0.353. The first-order chi connectivity index (χ1) is 19.7. The molecule has 220 valence electrons. The van der Waals surface area contributed by atoms with Crippen LogP contribution in [0.1, 0.15) is 43.4 Å². The van der Waals surface area contributed by atoms with Crippen LogP contribution < -0.4 is 11.5 Å². The van der Waals surface area contributed by atoms with Gasteiger partial charge in [-0.25, -0.2) is 0 Å². The highest BCUT2D eigenvalue weighted by molar-refractivity contribution is 5.88. The minimum Gasteiger partial charge on any atom is -0.508 e. The standard InChI is InChI=1S/C32H38N2O5.C2H6/c33-28(20-24-14-16-26(35)17-15-24)30(37)13-7-12-29(36)27(19-23-10-5-2-6-11-23)31(38)21-25(32(34)39)18-22-8-3-1-4-9-22;1-2/h1-12,14-17,25,27-30,35-37H,13,18-21,33H2,(H2,34,39);1-2H3/b12-7+;. The van der Waals surface area contributed by atoms with Gasteiger partial charge in [0.2, 0.25) is 5.91 Å². The molecule has 1 amide bonds. The first-order valence-corrected chi connectivity index (χ1v) is 14.2. The summed E-state index contributed by atoms with van der Waals surface area (Å²) in [5.41, 5.74) is 14.5.